The first-order chi connectivity index (χ1) is 6.24. The van der Waals surface area contributed by atoms with Crippen molar-refractivity contribution in [2.24, 2.45) is 0 Å². The zero-order valence-electron chi connectivity index (χ0n) is 8.28. The molecule has 1 atom stereocenters. The molecule has 0 aromatic rings. The van der Waals surface area contributed by atoms with Crippen molar-refractivity contribution in [2.45, 2.75) is 38.9 Å². The normalized spacial score (nSPS) is 12.5. The van der Waals surface area contributed by atoms with Crippen LogP contribution in [0.1, 0.15) is 32.6 Å². The monoisotopic (exact) mass is 206 g/mol. The molecule has 13 heavy (non-hydrogen) atoms. The summed E-state index contributed by atoms with van der Waals surface area (Å²) in [6.07, 6.45) is 3.68. The van der Waals surface area contributed by atoms with E-state index in [1.54, 1.807) is 7.11 Å². The van der Waals surface area contributed by atoms with Gasteiger partial charge in [0.15, 0.2) is 0 Å². The number of methoxy groups -OCH3 is 1. The van der Waals surface area contributed by atoms with Gasteiger partial charge in [0.2, 0.25) is 6.29 Å². The van der Waals surface area contributed by atoms with E-state index in [0.29, 0.717) is 0 Å². The van der Waals surface area contributed by atoms with Crippen LogP contribution in [0.3, 0.4) is 0 Å². The highest BCUT2D eigenvalue weighted by Crippen LogP contribution is 2.07. The third-order valence-corrected chi connectivity index (χ3v) is 1.96. The van der Waals surface area contributed by atoms with Crippen LogP contribution in [0.2, 0.25) is 0 Å². The van der Waals surface area contributed by atoms with Crippen molar-refractivity contribution in [2.75, 3.05) is 12.9 Å². The van der Waals surface area contributed by atoms with Gasteiger partial charge in [-0.2, -0.15) is 12.6 Å². The second-order valence-electron chi connectivity index (χ2n) is 2.81. The lowest BCUT2D eigenvalue weighted by Gasteiger charge is -2.14. The standard InChI is InChI=1S/C9H18O3S/c1-3-4-5-6-9(11-2)12-8(10)7-13/h9,13H,3-7H2,1-2H3. The van der Waals surface area contributed by atoms with E-state index in [-0.39, 0.29) is 11.7 Å². The van der Waals surface area contributed by atoms with Gasteiger partial charge in [-0.1, -0.05) is 19.8 Å². The fourth-order valence-electron chi connectivity index (χ4n) is 0.970. The van der Waals surface area contributed by atoms with Gasteiger partial charge in [-0.25, -0.2) is 0 Å². The minimum atomic E-state index is -0.397. The van der Waals surface area contributed by atoms with Crippen LogP contribution in [-0.4, -0.2) is 25.1 Å². The summed E-state index contributed by atoms with van der Waals surface area (Å²) in [6.45, 7) is 2.13. The number of thiol groups is 1. The maximum Gasteiger partial charge on any atom is 0.317 e. The molecule has 0 heterocycles. The molecule has 0 spiro atoms. The zero-order valence-corrected chi connectivity index (χ0v) is 9.18. The van der Waals surface area contributed by atoms with Crippen molar-refractivity contribution in [3.63, 3.8) is 0 Å². The van der Waals surface area contributed by atoms with Crippen molar-refractivity contribution in [3.8, 4) is 0 Å². The smallest absolute Gasteiger partial charge is 0.317 e. The summed E-state index contributed by atoms with van der Waals surface area (Å²) in [5.74, 6) is -0.222. The van der Waals surface area contributed by atoms with Crippen molar-refractivity contribution < 1.29 is 14.3 Å². The van der Waals surface area contributed by atoms with Gasteiger partial charge in [-0.15, -0.1) is 0 Å². The number of hydrogen-bond donors (Lipinski definition) is 1. The summed E-state index contributed by atoms with van der Waals surface area (Å²) in [5, 5.41) is 0. The summed E-state index contributed by atoms with van der Waals surface area (Å²) in [5.41, 5.74) is 0. The second-order valence-corrected chi connectivity index (χ2v) is 3.13. The fourth-order valence-corrected chi connectivity index (χ4v) is 1.04. The van der Waals surface area contributed by atoms with E-state index < -0.39 is 6.29 Å². The average molecular weight is 206 g/mol. The van der Waals surface area contributed by atoms with Crippen molar-refractivity contribution in [3.05, 3.63) is 0 Å². The minimum absolute atomic E-state index is 0.105. The lowest BCUT2D eigenvalue weighted by molar-refractivity contribution is -0.171. The first-order valence-electron chi connectivity index (χ1n) is 4.57. The summed E-state index contributed by atoms with van der Waals surface area (Å²) >= 11 is 3.81. The molecule has 0 aliphatic carbocycles. The molecule has 0 amide bonds. The molecule has 0 radical (unpaired) electrons. The van der Waals surface area contributed by atoms with E-state index in [2.05, 4.69) is 19.6 Å². The Hall–Kier alpha value is -0.220. The summed E-state index contributed by atoms with van der Waals surface area (Å²) < 4.78 is 9.95. The van der Waals surface area contributed by atoms with Gasteiger partial charge in [0.25, 0.3) is 0 Å². The van der Waals surface area contributed by atoms with Gasteiger partial charge >= 0.3 is 5.97 Å². The molecule has 0 saturated heterocycles. The Morgan fingerprint density at radius 2 is 2.15 bits per heavy atom. The molecule has 1 unspecified atom stereocenters. The maximum absolute atomic E-state index is 10.8. The highest BCUT2D eigenvalue weighted by atomic mass is 32.1. The Morgan fingerprint density at radius 1 is 1.46 bits per heavy atom. The molecule has 0 fully saturated rings. The van der Waals surface area contributed by atoms with Gasteiger partial charge in [0, 0.05) is 13.5 Å². The molecule has 3 nitrogen and oxygen atoms in total. The largest absolute Gasteiger partial charge is 0.435 e. The molecule has 0 aromatic heterocycles. The molecule has 0 aliphatic rings. The number of unbranched alkanes of at least 4 members (excludes halogenated alkanes) is 2. The van der Waals surface area contributed by atoms with Crippen LogP contribution in [0, 0.1) is 0 Å². The molecule has 0 rings (SSSR count). The molecule has 0 aromatic carbocycles. The van der Waals surface area contributed by atoms with Crippen molar-refractivity contribution in [1.82, 2.24) is 0 Å². The van der Waals surface area contributed by atoms with Crippen molar-refractivity contribution in [1.29, 1.82) is 0 Å². The molecule has 0 bridgehead atoms. The predicted octanol–water partition coefficient (Wildman–Crippen LogP) is 2.01. The second kappa shape index (κ2) is 8.38. The Bertz CT molecular complexity index is 139. The molecule has 4 heteroatoms. The van der Waals surface area contributed by atoms with E-state index in [4.69, 9.17) is 9.47 Å². The quantitative estimate of drug-likeness (QED) is 0.299. The molecule has 0 saturated carbocycles. The minimum Gasteiger partial charge on any atom is -0.435 e. The lowest BCUT2D eigenvalue weighted by atomic mass is 10.2. The van der Waals surface area contributed by atoms with Crippen LogP contribution in [0.5, 0.6) is 0 Å². The number of ether oxygens (including phenoxy) is 2. The van der Waals surface area contributed by atoms with Gasteiger partial charge < -0.3 is 9.47 Å². The van der Waals surface area contributed by atoms with Crippen LogP contribution < -0.4 is 0 Å². The van der Waals surface area contributed by atoms with Crippen molar-refractivity contribution >= 4 is 18.6 Å². The van der Waals surface area contributed by atoms with E-state index in [1.165, 1.54) is 0 Å². The number of carbonyl (C=O) groups excluding carboxylic acids is 1. The highest BCUT2D eigenvalue weighted by Gasteiger charge is 2.11. The van der Waals surface area contributed by atoms with E-state index >= 15 is 0 Å². The summed E-state index contributed by atoms with van der Waals surface area (Å²) in [6, 6.07) is 0. The molecular weight excluding hydrogens is 188 g/mol. The SMILES string of the molecule is CCCCCC(OC)OC(=O)CS. The highest BCUT2D eigenvalue weighted by molar-refractivity contribution is 7.81. The lowest BCUT2D eigenvalue weighted by Crippen LogP contribution is -2.20. The Morgan fingerprint density at radius 3 is 2.62 bits per heavy atom. The van der Waals surface area contributed by atoms with Crippen LogP contribution in [0.15, 0.2) is 0 Å². The fraction of sp³-hybridized carbons (Fsp3) is 0.889. The number of rotatable bonds is 7. The number of carbonyl (C=O) groups is 1. The predicted molar refractivity (Wildman–Crippen MR) is 54.9 cm³/mol. The van der Waals surface area contributed by atoms with E-state index in [0.717, 1.165) is 25.7 Å². The van der Waals surface area contributed by atoms with E-state index in [9.17, 15) is 4.79 Å². The molecular formula is C9H18O3S. The van der Waals surface area contributed by atoms with Gasteiger partial charge in [-0.3, -0.25) is 4.79 Å². The zero-order chi connectivity index (χ0) is 10.1. The topological polar surface area (TPSA) is 35.5 Å². The van der Waals surface area contributed by atoms with Crippen LogP contribution >= 0.6 is 12.6 Å². The molecule has 0 aliphatic heterocycles. The molecule has 78 valence electrons. The Labute approximate surface area is 85.2 Å². The van der Waals surface area contributed by atoms with Gasteiger partial charge in [0.1, 0.15) is 0 Å². The third-order valence-electron chi connectivity index (χ3n) is 1.70. The van der Waals surface area contributed by atoms with E-state index in [1.807, 2.05) is 0 Å². The van der Waals surface area contributed by atoms with Crippen LogP contribution in [0.25, 0.3) is 0 Å². The van der Waals surface area contributed by atoms with Gasteiger partial charge in [-0.05, 0) is 6.42 Å². The number of esters is 1. The Balaban J connectivity index is 3.56. The van der Waals surface area contributed by atoms with Crippen LogP contribution in [0.4, 0.5) is 0 Å². The first-order valence-corrected chi connectivity index (χ1v) is 5.21. The van der Waals surface area contributed by atoms with Crippen LogP contribution in [-0.2, 0) is 14.3 Å². The Kier molecular flexibility index (Phi) is 8.24. The first kappa shape index (κ1) is 12.8. The summed E-state index contributed by atoms with van der Waals surface area (Å²) in [7, 11) is 1.54. The maximum atomic E-state index is 10.8. The third kappa shape index (κ3) is 6.90. The average Bonchev–Trinajstić information content (AvgIpc) is 2.16. The van der Waals surface area contributed by atoms with Gasteiger partial charge in [0.05, 0.1) is 5.75 Å². The summed E-state index contributed by atoms with van der Waals surface area (Å²) in [4.78, 5) is 10.8. The number of hydrogen-bond acceptors (Lipinski definition) is 4. The molecule has 0 N–H and O–H groups in total.